The molecule has 2 atom stereocenters. The molecule has 4 rings (SSSR count). The van der Waals surface area contributed by atoms with E-state index in [1.165, 1.54) is 23.0 Å². The Morgan fingerprint density at radius 3 is 2.27 bits per heavy atom. The Kier molecular flexibility index (Phi) is 12.6. The summed E-state index contributed by atoms with van der Waals surface area (Å²) in [5.41, 5.74) is 2.00. The number of halogens is 3. The molecule has 4 N–H and O–H groups in total. The van der Waals surface area contributed by atoms with E-state index in [2.05, 4.69) is 64.3 Å². The number of rotatable bonds is 10. The lowest BCUT2D eigenvalue weighted by molar-refractivity contribution is -0.192. The lowest BCUT2D eigenvalue weighted by atomic mass is 9.85. The van der Waals surface area contributed by atoms with E-state index in [0.717, 1.165) is 42.8 Å². The van der Waals surface area contributed by atoms with Crippen LogP contribution in [0.3, 0.4) is 0 Å². The van der Waals surface area contributed by atoms with Crippen molar-refractivity contribution in [1.29, 1.82) is 0 Å². The summed E-state index contributed by atoms with van der Waals surface area (Å²) in [5.74, 6) is -3.07. The number of nitrogens with one attached hydrogen (secondary N) is 3. The third-order valence-electron chi connectivity index (χ3n) is 6.95. The minimum absolute atomic E-state index is 0.0141. The van der Waals surface area contributed by atoms with Crippen LogP contribution in [0.2, 0.25) is 0 Å². The quantitative estimate of drug-likeness (QED) is 0.225. The van der Waals surface area contributed by atoms with Crippen molar-refractivity contribution in [3.63, 3.8) is 0 Å². The van der Waals surface area contributed by atoms with Gasteiger partial charge >= 0.3 is 12.1 Å². The minimum Gasteiger partial charge on any atom is -0.475 e. The monoisotopic (exact) mass is 631 g/mol. The average Bonchev–Trinajstić information content (AvgIpc) is 3.49. The number of hydrogen-bond acceptors (Lipinski definition) is 7. The Labute approximate surface area is 258 Å². The Bertz CT molecular complexity index is 1390. The van der Waals surface area contributed by atoms with Gasteiger partial charge in [0.15, 0.2) is 0 Å². The maximum Gasteiger partial charge on any atom is 0.490 e. The van der Waals surface area contributed by atoms with Gasteiger partial charge in [-0.2, -0.15) is 13.2 Å². The van der Waals surface area contributed by atoms with E-state index in [0.29, 0.717) is 11.6 Å². The van der Waals surface area contributed by atoms with Gasteiger partial charge in [-0.05, 0) is 57.2 Å². The van der Waals surface area contributed by atoms with Gasteiger partial charge in [-0.1, -0.05) is 84.5 Å². The van der Waals surface area contributed by atoms with Crippen molar-refractivity contribution in [2.45, 2.75) is 69.6 Å². The number of carboxylic acids is 1. The van der Waals surface area contributed by atoms with Crippen molar-refractivity contribution in [1.82, 2.24) is 20.8 Å². The maximum absolute atomic E-state index is 12.8. The van der Waals surface area contributed by atoms with Gasteiger partial charge in [0.1, 0.15) is 5.01 Å². The highest BCUT2D eigenvalue weighted by Crippen LogP contribution is 2.34. The summed E-state index contributed by atoms with van der Waals surface area (Å²) in [7, 11) is 0. The summed E-state index contributed by atoms with van der Waals surface area (Å²) in [6, 6.07) is 19.8. The van der Waals surface area contributed by atoms with Crippen molar-refractivity contribution in [2.75, 3.05) is 11.9 Å². The molecule has 0 unspecified atom stereocenters. The van der Waals surface area contributed by atoms with Crippen molar-refractivity contribution < 1.29 is 32.7 Å². The van der Waals surface area contributed by atoms with Crippen LogP contribution in [0.15, 0.2) is 72.8 Å². The zero-order chi connectivity index (χ0) is 32.2. The van der Waals surface area contributed by atoms with Gasteiger partial charge in [0.25, 0.3) is 0 Å². The molecular formula is C31H36F3N5O4S. The van der Waals surface area contributed by atoms with E-state index in [4.69, 9.17) is 9.90 Å². The van der Waals surface area contributed by atoms with E-state index in [1.807, 2.05) is 36.4 Å². The molecule has 1 aromatic heterocycles. The Morgan fingerprint density at radius 1 is 1.05 bits per heavy atom. The molecule has 2 heterocycles. The number of carboxylic acid groups (broad SMARTS) is 1. The first-order chi connectivity index (χ1) is 20.9. The Hall–Kier alpha value is -4.10. The number of hydrogen-bond donors (Lipinski definition) is 4. The molecule has 0 spiro atoms. The smallest absolute Gasteiger partial charge is 0.475 e. The molecule has 13 heteroatoms. The summed E-state index contributed by atoms with van der Waals surface area (Å²) in [6.45, 7) is 5.04. The number of aliphatic carboxylic acids is 1. The number of nitrogens with zero attached hydrogens (tertiary/aromatic N) is 2. The topological polar surface area (TPSA) is 133 Å². The maximum atomic E-state index is 12.8. The first kappa shape index (κ1) is 34.4. The van der Waals surface area contributed by atoms with Gasteiger partial charge in [-0.25, -0.2) is 4.79 Å². The molecule has 0 saturated carbocycles. The molecule has 9 nitrogen and oxygen atoms in total. The zero-order valence-electron chi connectivity index (χ0n) is 24.4. The molecule has 0 radical (unpaired) electrons. The molecule has 3 aromatic rings. The van der Waals surface area contributed by atoms with E-state index in [9.17, 15) is 22.8 Å². The van der Waals surface area contributed by atoms with Gasteiger partial charge in [-0.3, -0.25) is 14.9 Å². The highest BCUT2D eigenvalue weighted by Gasteiger charge is 2.38. The second-order valence-corrected chi connectivity index (χ2v) is 11.7. The number of benzene rings is 2. The minimum atomic E-state index is -5.08. The number of amides is 2. The molecule has 236 valence electrons. The number of carbonyl (C=O) groups excluding carboxylic acids is 2. The molecule has 2 amide bonds. The summed E-state index contributed by atoms with van der Waals surface area (Å²) in [6.07, 6.45) is 2.63. The standard InChI is InChI=1S/C29H35N5O2S.C2HF3O2/c1-29(2,22-13-7-4-8-14-22)27-33-34-28(37-27)32-25(35)19-18-23(17-16-21-11-5-3-6-12-21)31-26(36)24-15-9-10-20-30-24;3-2(4,5)1(6)7/h3-8,11-14,18-19,23-24,30H,9-10,15-17,20H2,1-2H3,(H,31,36)(H,32,34,35);(H,6,7)/t23-,24-;/m0./s1. The van der Waals surface area contributed by atoms with E-state index < -0.39 is 12.1 Å². The summed E-state index contributed by atoms with van der Waals surface area (Å²) < 4.78 is 31.7. The molecule has 0 bridgehead atoms. The van der Waals surface area contributed by atoms with Gasteiger partial charge in [-0.15, -0.1) is 10.2 Å². The molecule has 2 aromatic carbocycles. The fourth-order valence-corrected chi connectivity index (χ4v) is 5.27. The lowest BCUT2D eigenvalue weighted by Crippen LogP contribution is -2.49. The first-order valence-corrected chi connectivity index (χ1v) is 14.9. The largest absolute Gasteiger partial charge is 0.490 e. The van der Waals surface area contributed by atoms with E-state index in [-0.39, 0.29) is 29.3 Å². The summed E-state index contributed by atoms with van der Waals surface area (Å²) >= 11 is 1.37. The lowest BCUT2D eigenvalue weighted by Gasteiger charge is -2.25. The normalized spacial score (nSPS) is 16.0. The summed E-state index contributed by atoms with van der Waals surface area (Å²) in [4.78, 5) is 34.5. The van der Waals surface area contributed by atoms with Crippen LogP contribution in [-0.4, -0.2) is 57.9 Å². The summed E-state index contributed by atoms with van der Waals surface area (Å²) in [5, 5.41) is 26.2. The Balaban J connectivity index is 0.000000676. The third-order valence-corrected chi connectivity index (χ3v) is 8.11. The molecule has 1 aliphatic heterocycles. The van der Waals surface area contributed by atoms with Crippen LogP contribution in [0.25, 0.3) is 0 Å². The first-order valence-electron chi connectivity index (χ1n) is 14.1. The van der Waals surface area contributed by atoms with Gasteiger partial charge < -0.3 is 15.7 Å². The number of piperidine rings is 1. The SMILES string of the molecule is CC(C)(c1ccccc1)c1nnc(NC(=O)C=C[C@H](CCc2ccccc2)NC(=O)[C@@H]2CCCCN2)s1.O=C(O)C(F)(F)F. The molecule has 0 aliphatic carbocycles. The fourth-order valence-electron chi connectivity index (χ4n) is 4.40. The van der Waals surface area contributed by atoms with Crippen LogP contribution in [-0.2, 0) is 26.2 Å². The molecule has 1 saturated heterocycles. The zero-order valence-corrected chi connectivity index (χ0v) is 25.3. The van der Waals surface area contributed by atoms with Crippen LogP contribution >= 0.6 is 11.3 Å². The van der Waals surface area contributed by atoms with Gasteiger partial charge in [0, 0.05) is 17.5 Å². The van der Waals surface area contributed by atoms with Crippen LogP contribution in [0.1, 0.15) is 55.7 Å². The van der Waals surface area contributed by atoms with Crippen LogP contribution in [0.5, 0.6) is 0 Å². The number of alkyl halides is 3. The Morgan fingerprint density at radius 2 is 1.68 bits per heavy atom. The average molecular weight is 632 g/mol. The van der Waals surface area contributed by atoms with Crippen LogP contribution in [0.4, 0.5) is 18.3 Å². The van der Waals surface area contributed by atoms with E-state index >= 15 is 0 Å². The van der Waals surface area contributed by atoms with Gasteiger partial charge in [0.05, 0.1) is 6.04 Å². The predicted molar refractivity (Wildman–Crippen MR) is 162 cm³/mol. The third kappa shape index (κ3) is 10.9. The molecule has 1 aliphatic rings. The van der Waals surface area contributed by atoms with Crippen molar-refractivity contribution in [3.05, 3.63) is 89.0 Å². The van der Waals surface area contributed by atoms with Crippen molar-refractivity contribution in [2.24, 2.45) is 0 Å². The number of aryl methyl sites for hydroxylation is 1. The number of anilines is 1. The molecule has 44 heavy (non-hydrogen) atoms. The highest BCUT2D eigenvalue weighted by atomic mass is 32.1. The van der Waals surface area contributed by atoms with Crippen LogP contribution in [0, 0.1) is 0 Å². The number of aromatic nitrogens is 2. The predicted octanol–water partition coefficient (Wildman–Crippen LogP) is 5.25. The second-order valence-electron chi connectivity index (χ2n) is 10.7. The number of carbonyl (C=O) groups is 3. The molecule has 1 fully saturated rings. The second kappa shape index (κ2) is 16.1. The van der Waals surface area contributed by atoms with Crippen molar-refractivity contribution >= 4 is 34.3 Å². The van der Waals surface area contributed by atoms with Crippen molar-refractivity contribution in [3.8, 4) is 0 Å². The highest BCUT2D eigenvalue weighted by molar-refractivity contribution is 7.15. The molecular weight excluding hydrogens is 595 g/mol. The van der Waals surface area contributed by atoms with E-state index in [1.54, 1.807) is 6.08 Å². The van der Waals surface area contributed by atoms with Crippen LogP contribution < -0.4 is 16.0 Å². The fraction of sp³-hybridized carbons (Fsp3) is 0.387. The van der Waals surface area contributed by atoms with Gasteiger partial charge in [0.2, 0.25) is 16.9 Å².